The van der Waals surface area contributed by atoms with E-state index < -0.39 is 0 Å². The molecule has 2 heteroatoms. The summed E-state index contributed by atoms with van der Waals surface area (Å²) in [5.74, 6) is 0. The van der Waals surface area contributed by atoms with Gasteiger partial charge in [-0.1, -0.05) is 17.7 Å². The Morgan fingerprint density at radius 3 is 2.17 bits per heavy atom. The van der Waals surface area contributed by atoms with Crippen molar-refractivity contribution in [2.45, 2.75) is 33.2 Å². The predicted molar refractivity (Wildman–Crippen MR) is 75.5 cm³/mol. The average molecular weight is 240 g/mol. The van der Waals surface area contributed by atoms with Gasteiger partial charge in [0.1, 0.15) is 0 Å². The number of rotatable bonds is 3. The fourth-order valence-electron chi connectivity index (χ4n) is 2.65. The highest BCUT2D eigenvalue weighted by Crippen LogP contribution is 2.24. The van der Waals surface area contributed by atoms with Crippen molar-refractivity contribution >= 4 is 0 Å². The fourth-order valence-corrected chi connectivity index (χ4v) is 2.65. The molecule has 94 valence electrons. The number of nitrogens with two attached hydrogens (primary N) is 1. The molecular formula is C16H20N2. The first-order chi connectivity index (χ1) is 8.58. The lowest BCUT2D eigenvalue weighted by atomic mass is 9.91. The lowest BCUT2D eigenvalue weighted by molar-refractivity contribution is 0.710. The molecule has 1 unspecified atom stereocenters. The molecule has 0 radical (unpaired) electrons. The monoisotopic (exact) mass is 240 g/mol. The minimum atomic E-state index is 0.0491. The van der Waals surface area contributed by atoms with E-state index in [-0.39, 0.29) is 6.04 Å². The van der Waals surface area contributed by atoms with Crippen LogP contribution in [0.15, 0.2) is 36.7 Å². The fraction of sp³-hybridized carbons (Fsp3) is 0.312. The van der Waals surface area contributed by atoms with Gasteiger partial charge < -0.3 is 5.73 Å². The van der Waals surface area contributed by atoms with E-state index >= 15 is 0 Å². The molecule has 0 aliphatic heterocycles. The Labute approximate surface area is 109 Å². The SMILES string of the molecule is Cc1cc(C)c(C(N)Cc2ccncc2)c(C)c1. The molecule has 2 rings (SSSR count). The van der Waals surface area contributed by atoms with E-state index in [2.05, 4.69) is 37.9 Å². The first kappa shape index (κ1) is 12.8. The van der Waals surface area contributed by atoms with Crippen molar-refractivity contribution in [1.29, 1.82) is 0 Å². The summed E-state index contributed by atoms with van der Waals surface area (Å²) >= 11 is 0. The van der Waals surface area contributed by atoms with Gasteiger partial charge in [-0.3, -0.25) is 4.98 Å². The standard InChI is InChI=1S/C16H20N2/c1-11-8-12(2)16(13(3)9-11)15(17)10-14-4-6-18-7-5-14/h4-9,15H,10,17H2,1-3H3. The Hall–Kier alpha value is -1.67. The van der Waals surface area contributed by atoms with Gasteiger partial charge in [-0.25, -0.2) is 0 Å². The van der Waals surface area contributed by atoms with Crippen LogP contribution in [0.1, 0.15) is 33.9 Å². The maximum absolute atomic E-state index is 6.36. The number of aryl methyl sites for hydroxylation is 3. The lowest BCUT2D eigenvalue weighted by Gasteiger charge is -2.18. The molecule has 1 atom stereocenters. The molecule has 2 nitrogen and oxygen atoms in total. The van der Waals surface area contributed by atoms with Crippen LogP contribution in [0, 0.1) is 20.8 Å². The number of hydrogen-bond donors (Lipinski definition) is 1. The van der Waals surface area contributed by atoms with E-state index in [9.17, 15) is 0 Å². The third-order valence-electron chi connectivity index (χ3n) is 3.31. The van der Waals surface area contributed by atoms with Gasteiger partial charge in [-0.05, 0) is 61.6 Å². The minimum absolute atomic E-state index is 0.0491. The summed E-state index contributed by atoms with van der Waals surface area (Å²) in [6, 6.07) is 8.51. The van der Waals surface area contributed by atoms with Crippen LogP contribution < -0.4 is 5.73 Å². The lowest BCUT2D eigenvalue weighted by Crippen LogP contribution is -2.16. The number of aromatic nitrogens is 1. The Balaban J connectivity index is 2.27. The Morgan fingerprint density at radius 1 is 1.06 bits per heavy atom. The second kappa shape index (κ2) is 5.32. The zero-order valence-corrected chi connectivity index (χ0v) is 11.3. The molecule has 0 saturated carbocycles. The average Bonchev–Trinajstić information content (AvgIpc) is 2.28. The Morgan fingerprint density at radius 2 is 1.61 bits per heavy atom. The topological polar surface area (TPSA) is 38.9 Å². The first-order valence-electron chi connectivity index (χ1n) is 6.30. The van der Waals surface area contributed by atoms with Gasteiger partial charge in [-0.15, -0.1) is 0 Å². The first-order valence-corrected chi connectivity index (χ1v) is 6.30. The molecule has 0 spiro atoms. The van der Waals surface area contributed by atoms with Crippen LogP contribution in [0.4, 0.5) is 0 Å². The number of pyridine rings is 1. The molecule has 18 heavy (non-hydrogen) atoms. The number of nitrogens with zero attached hydrogens (tertiary/aromatic N) is 1. The van der Waals surface area contributed by atoms with E-state index in [1.807, 2.05) is 24.5 Å². The smallest absolute Gasteiger partial charge is 0.0341 e. The number of benzene rings is 1. The molecule has 0 saturated heterocycles. The predicted octanol–water partition coefficient (Wildman–Crippen LogP) is 3.25. The van der Waals surface area contributed by atoms with E-state index in [0.717, 1.165) is 6.42 Å². The normalized spacial score (nSPS) is 12.4. The third kappa shape index (κ3) is 2.77. The van der Waals surface area contributed by atoms with E-state index in [1.165, 1.54) is 27.8 Å². The van der Waals surface area contributed by atoms with Crippen LogP contribution in [0.25, 0.3) is 0 Å². The Kier molecular flexibility index (Phi) is 3.78. The van der Waals surface area contributed by atoms with Crippen molar-refractivity contribution in [2.24, 2.45) is 5.73 Å². The van der Waals surface area contributed by atoms with Crippen LogP contribution in [0.3, 0.4) is 0 Å². The van der Waals surface area contributed by atoms with Crippen molar-refractivity contribution in [1.82, 2.24) is 4.98 Å². The summed E-state index contributed by atoms with van der Waals surface area (Å²) in [6.07, 6.45) is 4.49. The minimum Gasteiger partial charge on any atom is -0.324 e. The summed E-state index contributed by atoms with van der Waals surface area (Å²) in [6.45, 7) is 6.40. The van der Waals surface area contributed by atoms with Crippen LogP contribution in [-0.4, -0.2) is 4.98 Å². The van der Waals surface area contributed by atoms with Gasteiger partial charge in [0.15, 0.2) is 0 Å². The molecule has 1 aromatic heterocycles. The highest BCUT2D eigenvalue weighted by molar-refractivity contribution is 5.40. The summed E-state index contributed by atoms with van der Waals surface area (Å²) < 4.78 is 0. The number of hydrogen-bond acceptors (Lipinski definition) is 2. The zero-order valence-electron chi connectivity index (χ0n) is 11.3. The van der Waals surface area contributed by atoms with E-state index in [4.69, 9.17) is 5.73 Å². The quantitative estimate of drug-likeness (QED) is 0.894. The van der Waals surface area contributed by atoms with Crippen molar-refractivity contribution in [2.75, 3.05) is 0 Å². The summed E-state index contributed by atoms with van der Waals surface area (Å²) in [4.78, 5) is 4.03. The van der Waals surface area contributed by atoms with Gasteiger partial charge in [0.05, 0.1) is 0 Å². The molecule has 0 amide bonds. The molecule has 1 aromatic carbocycles. The van der Waals surface area contributed by atoms with Gasteiger partial charge in [0.25, 0.3) is 0 Å². The van der Waals surface area contributed by atoms with Gasteiger partial charge in [-0.2, -0.15) is 0 Å². The molecule has 0 aliphatic carbocycles. The summed E-state index contributed by atoms with van der Waals surface area (Å²) in [5, 5.41) is 0. The molecule has 0 aliphatic rings. The van der Waals surface area contributed by atoms with Crippen molar-refractivity contribution < 1.29 is 0 Å². The maximum atomic E-state index is 6.36. The third-order valence-corrected chi connectivity index (χ3v) is 3.31. The molecule has 2 aromatic rings. The molecule has 1 heterocycles. The van der Waals surface area contributed by atoms with Gasteiger partial charge in [0.2, 0.25) is 0 Å². The summed E-state index contributed by atoms with van der Waals surface area (Å²) in [5.41, 5.74) is 12.7. The van der Waals surface area contributed by atoms with Crippen LogP contribution in [0.5, 0.6) is 0 Å². The van der Waals surface area contributed by atoms with Crippen molar-refractivity contribution in [3.05, 3.63) is 64.5 Å². The Bertz CT molecular complexity index is 509. The molecule has 0 bridgehead atoms. The second-order valence-electron chi connectivity index (χ2n) is 4.98. The highest BCUT2D eigenvalue weighted by Gasteiger charge is 2.13. The van der Waals surface area contributed by atoms with E-state index in [1.54, 1.807) is 0 Å². The van der Waals surface area contributed by atoms with Crippen LogP contribution >= 0.6 is 0 Å². The van der Waals surface area contributed by atoms with Crippen molar-refractivity contribution in [3.8, 4) is 0 Å². The molecular weight excluding hydrogens is 220 g/mol. The van der Waals surface area contributed by atoms with Crippen molar-refractivity contribution in [3.63, 3.8) is 0 Å². The second-order valence-corrected chi connectivity index (χ2v) is 4.98. The van der Waals surface area contributed by atoms with Gasteiger partial charge >= 0.3 is 0 Å². The van der Waals surface area contributed by atoms with Crippen LogP contribution in [0.2, 0.25) is 0 Å². The summed E-state index contributed by atoms with van der Waals surface area (Å²) in [7, 11) is 0. The maximum Gasteiger partial charge on any atom is 0.0341 e. The van der Waals surface area contributed by atoms with Crippen LogP contribution in [-0.2, 0) is 6.42 Å². The largest absolute Gasteiger partial charge is 0.324 e. The zero-order chi connectivity index (χ0) is 13.1. The molecule has 2 N–H and O–H groups in total. The highest BCUT2D eigenvalue weighted by atomic mass is 14.6. The van der Waals surface area contributed by atoms with E-state index in [0.29, 0.717) is 0 Å². The molecule has 0 fully saturated rings. The van der Waals surface area contributed by atoms with Gasteiger partial charge in [0, 0.05) is 18.4 Å².